The van der Waals surface area contributed by atoms with E-state index in [0.717, 1.165) is 47.6 Å². The van der Waals surface area contributed by atoms with Gasteiger partial charge in [0.1, 0.15) is 0 Å². The Kier molecular flexibility index (Phi) is 4.63. The van der Waals surface area contributed by atoms with Crippen LogP contribution >= 0.6 is 34.8 Å². The van der Waals surface area contributed by atoms with Crippen LogP contribution in [0, 0.1) is 28.8 Å². The molecule has 3 nitrogen and oxygen atoms in total. The van der Waals surface area contributed by atoms with Gasteiger partial charge in [0.05, 0.1) is 22.3 Å². The topological polar surface area (TPSA) is 33.2 Å². The van der Waals surface area contributed by atoms with E-state index in [0.29, 0.717) is 0 Å². The molecule has 2 fully saturated rings. The summed E-state index contributed by atoms with van der Waals surface area (Å²) in [4.78, 5) is 20.4. The third kappa shape index (κ3) is 2.80. The number of halogens is 1. The highest BCUT2D eigenvalue weighted by molar-refractivity contribution is 14.1. The molecule has 5 heteroatoms. The predicted molar refractivity (Wildman–Crippen MR) is 116 cm³/mol. The van der Waals surface area contributed by atoms with E-state index in [4.69, 9.17) is 12.2 Å². The lowest BCUT2D eigenvalue weighted by molar-refractivity contribution is -0.132. The molecule has 0 N–H and O–H groups in total. The van der Waals surface area contributed by atoms with Crippen molar-refractivity contribution < 1.29 is 4.79 Å². The molecule has 2 aliphatic rings. The Morgan fingerprint density at radius 1 is 1.27 bits per heavy atom. The van der Waals surface area contributed by atoms with E-state index in [1.54, 1.807) is 11.1 Å². The maximum atomic E-state index is 13.4. The number of benzene rings is 1. The van der Waals surface area contributed by atoms with Crippen molar-refractivity contribution in [2.75, 3.05) is 4.90 Å². The molecule has 1 aromatic heterocycles. The number of aromatic nitrogens is 1. The van der Waals surface area contributed by atoms with Crippen molar-refractivity contribution >= 4 is 51.4 Å². The molecule has 1 aliphatic carbocycles. The van der Waals surface area contributed by atoms with Crippen LogP contribution < -0.4 is 4.90 Å². The monoisotopic (exact) mass is 476 g/mol. The molecule has 0 bridgehead atoms. The summed E-state index contributed by atoms with van der Waals surface area (Å²) in [5.74, 6) is 0.273. The lowest BCUT2D eigenvalue weighted by atomic mass is 9.61. The maximum absolute atomic E-state index is 13.4. The van der Waals surface area contributed by atoms with Gasteiger partial charge in [0.2, 0.25) is 5.91 Å². The number of hydrogen-bond donors (Lipinski definition) is 0. The van der Waals surface area contributed by atoms with Crippen molar-refractivity contribution in [1.82, 2.24) is 4.98 Å². The van der Waals surface area contributed by atoms with Crippen LogP contribution in [0.25, 0.3) is 0 Å². The summed E-state index contributed by atoms with van der Waals surface area (Å²) in [5.41, 5.74) is 3.83. The van der Waals surface area contributed by atoms with E-state index in [2.05, 4.69) is 51.8 Å². The number of carbonyl (C=O) groups excluding carboxylic acids is 1. The summed E-state index contributed by atoms with van der Waals surface area (Å²) in [6.45, 7) is 4.01. The molecule has 0 radical (unpaired) electrons. The first-order valence-electron chi connectivity index (χ1n) is 8.98. The first kappa shape index (κ1) is 18.0. The van der Waals surface area contributed by atoms with Crippen molar-refractivity contribution in [3.8, 4) is 0 Å². The molecule has 1 saturated heterocycles. The zero-order valence-corrected chi connectivity index (χ0v) is 17.9. The lowest BCUT2D eigenvalue weighted by Crippen LogP contribution is -2.43. The number of pyridine rings is 1. The molecule has 26 heavy (non-hydrogen) atoms. The van der Waals surface area contributed by atoms with Gasteiger partial charge in [0.25, 0.3) is 0 Å². The van der Waals surface area contributed by atoms with Gasteiger partial charge in [-0.15, -0.1) is 0 Å². The molecule has 1 amide bonds. The predicted octanol–water partition coefficient (Wildman–Crippen LogP) is 5.01. The smallest absolute Gasteiger partial charge is 0.238 e. The van der Waals surface area contributed by atoms with Gasteiger partial charge in [0, 0.05) is 15.2 Å². The number of amides is 1. The maximum Gasteiger partial charge on any atom is 0.238 e. The van der Waals surface area contributed by atoms with Gasteiger partial charge >= 0.3 is 0 Å². The number of rotatable bonds is 3. The molecule has 1 aromatic carbocycles. The summed E-state index contributed by atoms with van der Waals surface area (Å²) in [6.07, 6.45) is 5.60. The van der Waals surface area contributed by atoms with Crippen molar-refractivity contribution in [2.45, 2.75) is 39.5 Å². The number of nitrogens with zero attached hydrogens (tertiary/aromatic N) is 2. The zero-order valence-electron chi connectivity index (χ0n) is 15.0. The molecule has 2 aromatic rings. The number of aryl methyl sites for hydroxylation is 2. The molecule has 1 unspecified atom stereocenters. The first-order valence-corrected chi connectivity index (χ1v) is 10.5. The Hall–Kier alpha value is -1.34. The summed E-state index contributed by atoms with van der Waals surface area (Å²) in [6, 6.07) is 10.6. The van der Waals surface area contributed by atoms with Crippen LogP contribution in [-0.2, 0) is 11.2 Å². The third-order valence-corrected chi connectivity index (χ3v) is 7.18. The van der Waals surface area contributed by atoms with E-state index in [1.807, 2.05) is 19.9 Å². The Labute approximate surface area is 173 Å². The van der Waals surface area contributed by atoms with Crippen LogP contribution in [0.4, 0.5) is 5.69 Å². The highest BCUT2D eigenvalue weighted by Gasteiger charge is 2.60. The molecular formula is C21H21IN2OS. The van der Waals surface area contributed by atoms with Crippen molar-refractivity contribution in [2.24, 2.45) is 11.3 Å². The van der Waals surface area contributed by atoms with Crippen molar-refractivity contribution in [3.63, 3.8) is 0 Å². The van der Waals surface area contributed by atoms with Gasteiger partial charge in [-0.3, -0.25) is 14.7 Å². The summed E-state index contributed by atoms with van der Waals surface area (Å²) in [7, 11) is 0. The molecule has 1 atom stereocenters. The Morgan fingerprint density at radius 3 is 2.54 bits per heavy atom. The van der Waals surface area contributed by atoms with Crippen molar-refractivity contribution in [3.05, 3.63) is 56.9 Å². The zero-order chi connectivity index (χ0) is 18.5. The minimum absolute atomic E-state index is 0.0976. The summed E-state index contributed by atoms with van der Waals surface area (Å²) in [5, 5.41) is 0. The lowest BCUT2D eigenvalue weighted by Gasteiger charge is -2.40. The van der Waals surface area contributed by atoms with Crippen molar-refractivity contribution in [1.29, 1.82) is 0 Å². The Morgan fingerprint density at radius 2 is 1.96 bits per heavy atom. The van der Waals surface area contributed by atoms with E-state index in [-0.39, 0.29) is 17.2 Å². The molecule has 4 rings (SSSR count). The molecule has 134 valence electrons. The minimum atomic E-state index is -0.307. The van der Waals surface area contributed by atoms with Crippen LogP contribution in [0.1, 0.15) is 36.1 Å². The fraction of sp³-hybridized carbons (Fsp3) is 0.381. The second-order valence-electron chi connectivity index (χ2n) is 7.47. The third-order valence-electron chi connectivity index (χ3n) is 6.00. The summed E-state index contributed by atoms with van der Waals surface area (Å²) >= 11 is 8.16. The molecule has 2 heterocycles. The fourth-order valence-electron chi connectivity index (χ4n) is 4.12. The number of hydrogen-bond acceptors (Lipinski definition) is 3. The van der Waals surface area contributed by atoms with Gasteiger partial charge in [-0.2, -0.15) is 0 Å². The molecule has 1 spiro atoms. The Bertz CT molecular complexity index is 889. The van der Waals surface area contributed by atoms with Crippen LogP contribution in [0.15, 0.2) is 36.5 Å². The number of carbonyl (C=O) groups is 1. The minimum Gasteiger partial charge on any atom is -0.273 e. The normalized spacial score (nSPS) is 21.3. The Balaban J connectivity index is 1.70. The number of anilines is 1. The van der Waals surface area contributed by atoms with Gasteiger partial charge in [0.15, 0.2) is 0 Å². The second-order valence-corrected chi connectivity index (χ2v) is 9.13. The van der Waals surface area contributed by atoms with E-state index >= 15 is 0 Å². The quantitative estimate of drug-likeness (QED) is 0.462. The average Bonchev–Trinajstić information content (AvgIpc) is 2.80. The van der Waals surface area contributed by atoms with Crippen LogP contribution in [0.2, 0.25) is 0 Å². The highest BCUT2D eigenvalue weighted by atomic mass is 127. The van der Waals surface area contributed by atoms with Gasteiger partial charge in [-0.1, -0.05) is 30.8 Å². The highest BCUT2D eigenvalue weighted by Crippen LogP contribution is 2.55. The van der Waals surface area contributed by atoms with Crippen LogP contribution in [0.5, 0.6) is 0 Å². The standard InChI is InChI=1S/C21H21IN2OS/c1-13-10-17(12-23-14(13)2)24-19(26)18(21(20(24)25)8-3-9-21)11-15-4-6-16(22)7-5-15/h4-7,10,12,18H,3,8-9,11H2,1-2H3. The average molecular weight is 476 g/mol. The SMILES string of the molecule is Cc1cc(N2C(=O)C3(CCC3)C(Cc3ccc(I)cc3)C2=S)cnc1C. The molecule has 1 saturated carbocycles. The molecular weight excluding hydrogens is 455 g/mol. The van der Waals surface area contributed by atoms with Gasteiger partial charge in [-0.05, 0) is 85.0 Å². The van der Waals surface area contributed by atoms with E-state index in [1.165, 1.54) is 9.13 Å². The fourth-order valence-corrected chi connectivity index (χ4v) is 4.97. The van der Waals surface area contributed by atoms with Crippen LogP contribution in [-0.4, -0.2) is 15.9 Å². The van der Waals surface area contributed by atoms with Crippen LogP contribution in [0.3, 0.4) is 0 Å². The number of thiocarbonyl (C=S) groups is 1. The molecule has 1 aliphatic heterocycles. The van der Waals surface area contributed by atoms with Gasteiger partial charge in [-0.25, -0.2) is 0 Å². The summed E-state index contributed by atoms with van der Waals surface area (Å²) < 4.78 is 1.22. The van der Waals surface area contributed by atoms with Gasteiger partial charge < -0.3 is 0 Å². The van der Waals surface area contributed by atoms with E-state index < -0.39 is 0 Å². The first-order chi connectivity index (χ1) is 12.4. The second kappa shape index (κ2) is 6.68. The van der Waals surface area contributed by atoms with E-state index in [9.17, 15) is 4.79 Å². The largest absolute Gasteiger partial charge is 0.273 e.